The molecule has 0 radical (unpaired) electrons. The van der Waals surface area contributed by atoms with Gasteiger partial charge in [-0.2, -0.15) is 0 Å². The minimum absolute atomic E-state index is 0.187. The number of hydrogen-bond donors (Lipinski definition) is 1. The highest BCUT2D eigenvalue weighted by molar-refractivity contribution is 9.10. The molecule has 7 heteroatoms. The highest BCUT2D eigenvalue weighted by atomic mass is 79.9. The molecule has 1 amide bonds. The molecule has 1 fully saturated rings. The largest absolute Gasteiger partial charge is 0.357 e. The fourth-order valence-corrected chi connectivity index (χ4v) is 3.57. The number of halogens is 2. The molecule has 1 heterocycles. The van der Waals surface area contributed by atoms with Gasteiger partial charge in [0.25, 0.3) is 0 Å². The van der Waals surface area contributed by atoms with Crippen molar-refractivity contribution in [1.82, 2.24) is 4.90 Å². The lowest BCUT2D eigenvalue weighted by molar-refractivity contribution is -0.113. The van der Waals surface area contributed by atoms with Gasteiger partial charge in [-0.3, -0.25) is 4.79 Å². The predicted molar refractivity (Wildman–Crippen MR) is 97.8 cm³/mol. The van der Waals surface area contributed by atoms with Crippen LogP contribution in [0.4, 0.5) is 10.1 Å². The van der Waals surface area contributed by atoms with Gasteiger partial charge in [0.15, 0.2) is 0 Å². The molecule has 0 unspecified atom stereocenters. The summed E-state index contributed by atoms with van der Waals surface area (Å²) < 4.78 is 15.0. The van der Waals surface area contributed by atoms with Gasteiger partial charge in [0.05, 0.1) is 11.4 Å². The Balaban J connectivity index is 1.79. The molecule has 0 bridgehead atoms. The van der Waals surface area contributed by atoms with Crippen molar-refractivity contribution in [2.24, 2.45) is 5.92 Å². The van der Waals surface area contributed by atoms with E-state index < -0.39 is 5.82 Å². The first-order valence-corrected chi connectivity index (χ1v) is 9.31. The van der Waals surface area contributed by atoms with Crippen molar-refractivity contribution in [2.45, 2.75) is 19.8 Å². The predicted octanol–water partition coefficient (Wildman–Crippen LogP) is 4.28. The third kappa shape index (κ3) is 5.21. The molecular weight excluding hydrogens is 387 g/mol. The number of rotatable bonds is 3. The number of thioether (sulfide) groups is 1. The molecule has 0 spiro atoms. The zero-order chi connectivity index (χ0) is 16.1. The van der Waals surface area contributed by atoms with Crippen molar-refractivity contribution in [3.05, 3.63) is 28.5 Å². The number of nitrogens with zero attached hydrogens (tertiary/aromatic N) is 1. The van der Waals surface area contributed by atoms with E-state index in [9.17, 15) is 9.18 Å². The van der Waals surface area contributed by atoms with Gasteiger partial charge < -0.3 is 10.2 Å². The molecule has 1 saturated heterocycles. The highest BCUT2D eigenvalue weighted by Gasteiger charge is 2.19. The molecule has 0 atom stereocenters. The van der Waals surface area contributed by atoms with Crippen LogP contribution in [0.1, 0.15) is 19.8 Å². The standard InChI is InChI=1S/C15H18BrFN2OS2/c1-10-4-6-19(7-5-10)15(21)22-9-14(20)18-13-3-2-11(16)8-12(13)17/h2-3,8,10H,4-7,9H2,1H3,(H,18,20). The molecule has 1 aromatic rings. The summed E-state index contributed by atoms with van der Waals surface area (Å²) in [7, 11) is 0. The Morgan fingerprint density at radius 2 is 2.18 bits per heavy atom. The summed E-state index contributed by atoms with van der Waals surface area (Å²) in [6, 6.07) is 4.54. The summed E-state index contributed by atoms with van der Waals surface area (Å²) in [5.74, 6) is 0.229. The maximum absolute atomic E-state index is 13.7. The van der Waals surface area contributed by atoms with Gasteiger partial charge in [-0.15, -0.1) is 0 Å². The quantitative estimate of drug-likeness (QED) is 0.761. The van der Waals surface area contributed by atoms with E-state index in [0.29, 0.717) is 4.47 Å². The van der Waals surface area contributed by atoms with Crippen LogP contribution in [0, 0.1) is 11.7 Å². The van der Waals surface area contributed by atoms with Gasteiger partial charge in [0.2, 0.25) is 5.91 Å². The zero-order valence-corrected chi connectivity index (χ0v) is 15.5. The van der Waals surface area contributed by atoms with Gasteiger partial charge in [-0.05, 0) is 37.0 Å². The van der Waals surface area contributed by atoms with E-state index in [0.717, 1.165) is 36.2 Å². The third-order valence-electron chi connectivity index (χ3n) is 3.57. The van der Waals surface area contributed by atoms with Crippen molar-refractivity contribution in [3.63, 3.8) is 0 Å². The van der Waals surface area contributed by atoms with E-state index in [1.807, 2.05) is 0 Å². The fourth-order valence-electron chi connectivity index (χ4n) is 2.19. The average Bonchev–Trinajstić information content (AvgIpc) is 2.48. The van der Waals surface area contributed by atoms with E-state index in [2.05, 4.69) is 33.1 Å². The topological polar surface area (TPSA) is 32.3 Å². The smallest absolute Gasteiger partial charge is 0.234 e. The summed E-state index contributed by atoms with van der Waals surface area (Å²) in [6.45, 7) is 4.15. The SMILES string of the molecule is CC1CCN(C(=S)SCC(=O)Nc2ccc(Br)cc2F)CC1. The lowest BCUT2D eigenvalue weighted by atomic mass is 10.00. The van der Waals surface area contributed by atoms with Crippen LogP contribution in [0.3, 0.4) is 0 Å². The van der Waals surface area contributed by atoms with Crippen molar-refractivity contribution in [3.8, 4) is 0 Å². The molecule has 0 saturated carbocycles. The molecular formula is C15H18BrFN2OS2. The van der Waals surface area contributed by atoms with E-state index in [1.54, 1.807) is 6.07 Å². The molecule has 0 aliphatic carbocycles. The van der Waals surface area contributed by atoms with Gasteiger partial charge in [0, 0.05) is 17.6 Å². The number of carbonyl (C=O) groups is 1. The zero-order valence-electron chi connectivity index (χ0n) is 12.3. The van der Waals surface area contributed by atoms with Crippen LogP contribution in [0.5, 0.6) is 0 Å². The molecule has 1 aliphatic heterocycles. The lowest BCUT2D eigenvalue weighted by Crippen LogP contribution is -2.36. The number of anilines is 1. The molecule has 120 valence electrons. The Morgan fingerprint density at radius 3 is 2.82 bits per heavy atom. The Hall–Kier alpha value is -0.660. The van der Waals surface area contributed by atoms with E-state index in [4.69, 9.17) is 12.2 Å². The molecule has 3 nitrogen and oxygen atoms in total. The van der Waals surface area contributed by atoms with Gasteiger partial charge in [-0.25, -0.2) is 4.39 Å². The molecule has 22 heavy (non-hydrogen) atoms. The van der Waals surface area contributed by atoms with Crippen LogP contribution in [0.2, 0.25) is 0 Å². The Bertz CT molecular complexity index is 562. The summed E-state index contributed by atoms with van der Waals surface area (Å²) in [4.78, 5) is 14.0. The van der Waals surface area contributed by atoms with Crippen LogP contribution in [-0.4, -0.2) is 34.0 Å². The normalized spacial score (nSPS) is 15.7. The monoisotopic (exact) mass is 404 g/mol. The maximum Gasteiger partial charge on any atom is 0.234 e. The van der Waals surface area contributed by atoms with Crippen molar-refractivity contribution in [2.75, 3.05) is 24.2 Å². The number of thiocarbonyl (C=S) groups is 1. The van der Waals surface area contributed by atoms with Crippen LogP contribution < -0.4 is 5.32 Å². The van der Waals surface area contributed by atoms with Crippen molar-refractivity contribution in [1.29, 1.82) is 0 Å². The molecule has 1 N–H and O–H groups in total. The van der Waals surface area contributed by atoms with E-state index in [1.165, 1.54) is 23.9 Å². The number of carbonyl (C=O) groups excluding carboxylic acids is 1. The second kappa shape index (κ2) is 8.26. The second-order valence-electron chi connectivity index (χ2n) is 5.40. The van der Waals surface area contributed by atoms with E-state index >= 15 is 0 Å². The summed E-state index contributed by atoms with van der Waals surface area (Å²) in [6.07, 6.45) is 2.27. The third-order valence-corrected chi connectivity index (χ3v) is 5.59. The Morgan fingerprint density at radius 1 is 1.50 bits per heavy atom. The van der Waals surface area contributed by atoms with Gasteiger partial charge >= 0.3 is 0 Å². The van der Waals surface area contributed by atoms with Gasteiger partial charge in [0.1, 0.15) is 10.1 Å². The summed E-state index contributed by atoms with van der Waals surface area (Å²) in [5, 5.41) is 2.57. The first-order chi connectivity index (χ1) is 10.5. The number of piperidine rings is 1. The number of benzene rings is 1. The highest BCUT2D eigenvalue weighted by Crippen LogP contribution is 2.22. The second-order valence-corrected chi connectivity index (χ2v) is 7.92. The first kappa shape index (κ1) is 17.7. The van der Waals surface area contributed by atoms with E-state index in [-0.39, 0.29) is 17.3 Å². The molecule has 2 rings (SSSR count). The maximum atomic E-state index is 13.7. The minimum Gasteiger partial charge on any atom is -0.357 e. The number of likely N-dealkylation sites (tertiary alicyclic amines) is 1. The minimum atomic E-state index is -0.458. The molecule has 0 aromatic heterocycles. The van der Waals surface area contributed by atoms with Crippen LogP contribution >= 0.6 is 39.9 Å². The van der Waals surface area contributed by atoms with Crippen molar-refractivity contribution >= 4 is 55.8 Å². The van der Waals surface area contributed by atoms with Crippen molar-refractivity contribution < 1.29 is 9.18 Å². The number of nitrogens with one attached hydrogen (secondary N) is 1. The lowest BCUT2D eigenvalue weighted by Gasteiger charge is -2.31. The van der Waals surface area contributed by atoms with Crippen LogP contribution in [0.15, 0.2) is 22.7 Å². The Labute approximate surface area is 148 Å². The van der Waals surface area contributed by atoms with Gasteiger partial charge in [-0.1, -0.05) is 46.8 Å². The summed E-state index contributed by atoms with van der Waals surface area (Å²) in [5.41, 5.74) is 0.187. The van der Waals surface area contributed by atoms with Crippen LogP contribution in [-0.2, 0) is 4.79 Å². The molecule has 1 aromatic carbocycles. The molecule has 1 aliphatic rings. The fraction of sp³-hybridized carbons (Fsp3) is 0.467. The summed E-state index contributed by atoms with van der Waals surface area (Å²) >= 11 is 9.88. The average molecular weight is 405 g/mol. The van der Waals surface area contributed by atoms with Crippen LogP contribution in [0.25, 0.3) is 0 Å². The number of amides is 1. The Kier molecular flexibility index (Phi) is 6.65. The first-order valence-electron chi connectivity index (χ1n) is 7.12. The number of hydrogen-bond acceptors (Lipinski definition) is 3.